The molecule has 1 aromatic rings. The van der Waals surface area contributed by atoms with E-state index >= 15 is 0 Å². The predicted octanol–water partition coefficient (Wildman–Crippen LogP) is 1.70. The first-order chi connectivity index (χ1) is 9.63. The number of amides is 2. The lowest BCUT2D eigenvalue weighted by Gasteiger charge is -2.23. The third kappa shape index (κ3) is 4.85. The Hall–Kier alpha value is -1.56. The minimum absolute atomic E-state index is 0.0132. The number of hydrogen-bond donors (Lipinski definition) is 2. The van der Waals surface area contributed by atoms with E-state index < -0.39 is 0 Å². The van der Waals surface area contributed by atoms with Gasteiger partial charge in [0.25, 0.3) is 0 Å². The lowest BCUT2D eigenvalue weighted by atomic mass is 10.1. The zero-order valence-corrected chi connectivity index (χ0v) is 11.8. The van der Waals surface area contributed by atoms with Crippen LogP contribution in [0.3, 0.4) is 0 Å². The minimum atomic E-state index is -0.258. The van der Waals surface area contributed by atoms with Gasteiger partial charge in [-0.25, -0.2) is 4.39 Å². The van der Waals surface area contributed by atoms with Crippen LogP contribution in [-0.4, -0.2) is 30.2 Å². The van der Waals surface area contributed by atoms with Gasteiger partial charge in [0, 0.05) is 36.1 Å². The quantitative estimate of drug-likeness (QED) is 0.813. The molecule has 2 N–H and O–H groups in total. The second-order valence-corrected chi connectivity index (χ2v) is 5.83. The first-order valence-electron chi connectivity index (χ1n) is 6.58. The Balaban J connectivity index is 1.65. The van der Waals surface area contributed by atoms with Crippen molar-refractivity contribution in [1.29, 1.82) is 0 Å². The number of benzene rings is 1. The fraction of sp³-hybridized carbons (Fsp3) is 0.429. The van der Waals surface area contributed by atoms with Crippen molar-refractivity contribution in [2.24, 2.45) is 0 Å². The van der Waals surface area contributed by atoms with Gasteiger partial charge in [-0.15, -0.1) is 11.8 Å². The summed E-state index contributed by atoms with van der Waals surface area (Å²) in [7, 11) is 0. The van der Waals surface area contributed by atoms with E-state index in [2.05, 4.69) is 10.6 Å². The van der Waals surface area contributed by atoms with Crippen LogP contribution in [0.5, 0.6) is 0 Å². The molecular weight excluding hydrogens is 279 g/mol. The molecule has 0 aromatic heterocycles. The van der Waals surface area contributed by atoms with Crippen LogP contribution < -0.4 is 10.6 Å². The van der Waals surface area contributed by atoms with E-state index in [1.165, 1.54) is 23.9 Å². The normalized spacial score (nSPS) is 18.4. The summed E-state index contributed by atoms with van der Waals surface area (Å²) >= 11 is 1.52. The first kappa shape index (κ1) is 14.8. The van der Waals surface area contributed by atoms with E-state index in [0.29, 0.717) is 31.6 Å². The lowest BCUT2D eigenvalue weighted by molar-refractivity contribution is -0.125. The molecule has 2 amide bonds. The van der Waals surface area contributed by atoms with Crippen LogP contribution >= 0.6 is 11.8 Å². The molecule has 0 radical (unpaired) electrons. The number of carbonyl (C=O) groups excluding carboxylic acids is 2. The summed E-state index contributed by atoms with van der Waals surface area (Å²) in [6.07, 6.45) is 1.57. The standard InChI is InChI=1S/C14H17FN2O2S/c15-10-1-4-12(5-2-10)20-8-7-14(19)17-11-3-6-13(18)16-9-11/h1-2,4-5,11H,3,6-9H2,(H,16,18)(H,17,19). The van der Waals surface area contributed by atoms with Crippen molar-refractivity contribution < 1.29 is 14.0 Å². The molecule has 0 bridgehead atoms. The second-order valence-electron chi connectivity index (χ2n) is 4.66. The van der Waals surface area contributed by atoms with E-state index in [9.17, 15) is 14.0 Å². The minimum Gasteiger partial charge on any atom is -0.354 e. The highest BCUT2D eigenvalue weighted by atomic mass is 32.2. The van der Waals surface area contributed by atoms with Crippen LogP contribution in [0, 0.1) is 5.82 Å². The summed E-state index contributed by atoms with van der Waals surface area (Å²) < 4.78 is 12.7. The molecule has 1 aliphatic rings. The molecule has 1 atom stereocenters. The number of rotatable bonds is 5. The molecule has 1 aliphatic heterocycles. The van der Waals surface area contributed by atoms with Gasteiger partial charge in [0.15, 0.2) is 0 Å². The molecule has 4 nitrogen and oxygen atoms in total. The van der Waals surface area contributed by atoms with Gasteiger partial charge < -0.3 is 10.6 Å². The van der Waals surface area contributed by atoms with E-state index in [0.717, 1.165) is 4.90 Å². The van der Waals surface area contributed by atoms with E-state index in [4.69, 9.17) is 0 Å². The third-order valence-corrected chi connectivity index (χ3v) is 4.06. The van der Waals surface area contributed by atoms with Gasteiger partial charge >= 0.3 is 0 Å². The number of thioether (sulfide) groups is 1. The maximum atomic E-state index is 12.7. The van der Waals surface area contributed by atoms with Crippen LogP contribution in [0.25, 0.3) is 0 Å². The Morgan fingerprint density at radius 1 is 1.40 bits per heavy atom. The highest BCUT2D eigenvalue weighted by Crippen LogP contribution is 2.18. The number of hydrogen-bond acceptors (Lipinski definition) is 3. The zero-order valence-electron chi connectivity index (χ0n) is 11.0. The molecule has 0 spiro atoms. The Labute approximate surface area is 121 Å². The number of piperidine rings is 1. The molecule has 2 rings (SSSR count). The molecule has 0 saturated carbocycles. The molecule has 1 fully saturated rings. The van der Waals surface area contributed by atoms with Crippen LogP contribution in [0.2, 0.25) is 0 Å². The van der Waals surface area contributed by atoms with E-state index in [1.54, 1.807) is 12.1 Å². The second kappa shape index (κ2) is 7.28. The van der Waals surface area contributed by atoms with Gasteiger partial charge in [-0.3, -0.25) is 9.59 Å². The van der Waals surface area contributed by atoms with Crippen LogP contribution in [0.1, 0.15) is 19.3 Å². The Bertz CT molecular complexity index is 469. The smallest absolute Gasteiger partial charge is 0.221 e. The first-order valence-corrected chi connectivity index (χ1v) is 7.56. The molecular formula is C14H17FN2O2S. The Kier molecular flexibility index (Phi) is 5.40. The maximum absolute atomic E-state index is 12.7. The van der Waals surface area contributed by atoms with Crippen molar-refractivity contribution in [1.82, 2.24) is 10.6 Å². The van der Waals surface area contributed by atoms with Crippen LogP contribution in [0.15, 0.2) is 29.2 Å². The van der Waals surface area contributed by atoms with Crippen molar-refractivity contribution in [2.45, 2.75) is 30.2 Å². The summed E-state index contributed by atoms with van der Waals surface area (Å²) in [4.78, 5) is 23.7. The predicted molar refractivity (Wildman–Crippen MR) is 75.9 cm³/mol. The molecule has 6 heteroatoms. The fourth-order valence-electron chi connectivity index (χ4n) is 1.95. The molecule has 1 saturated heterocycles. The number of halogens is 1. The summed E-state index contributed by atoms with van der Waals surface area (Å²) in [6.45, 7) is 0.510. The Morgan fingerprint density at radius 2 is 2.15 bits per heavy atom. The molecule has 1 unspecified atom stereocenters. The summed E-state index contributed by atoms with van der Waals surface area (Å²) in [5.41, 5.74) is 0. The van der Waals surface area contributed by atoms with Crippen LogP contribution in [-0.2, 0) is 9.59 Å². The van der Waals surface area contributed by atoms with Crippen molar-refractivity contribution in [3.05, 3.63) is 30.1 Å². The van der Waals surface area contributed by atoms with Gasteiger partial charge in [-0.05, 0) is 30.7 Å². The van der Waals surface area contributed by atoms with Crippen molar-refractivity contribution in [2.75, 3.05) is 12.3 Å². The van der Waals surface area contributed by atoms with Crippen molar-refractivity contribution in [3.8, 4) is 0 Å². The van der Waals surface area contributed by atoms with Gasteiger partial charge in [0.05, 0.1) is 0 Å². The molecule has 108 valence electrons. The Morgan fingerprint density at radius 3 is 2.80 bits per heavy atom. The maximum Gasteiger partial charge on any atom is 0.221 e. The molecule has 20 heavy (non-hydrogen) atoms. The fourth-order valence-corrected chi connectivity index (χ4v) is 2.80. The number of nitrogens with one attached hydrogen (secondary N) is 2. The number of carbonyl (C=O) groups is 2. The SMILES string of the molecule is O=C1CCC(NC(=O)CCSc2ccc(F)cc2)CN1. The van der Waals surface area contributed by atoms with E-state index in [1.807, 2.05) is 0 Å². The molecule has 1 heterocycles. The topological polar surface area (TPSA) is 58.2 Å². The highest BCUT2D eigenvalue weighted by molar-refractivity contribution is 7.99. The summed E-state index contributed by atoms with van der Waals surface area (Å²) in [6, 6.07) is 6.26. The van der Waals surface area contributed by atoms with Gasteiger partial charge in [0.1, 0.15) is 5.82 Å². The van der Waals surface area contributed by atoms with Crippen molar-refractivity contribution in [3.63, 3.8) is 0 Å². The van der Waals surface area contributed by atoms with Gasteiger partial charge in [0.2, 0.25) is 11.8 Å². The average molecular weight is 296 g/mol. The highest BCUT2D eigenvalue weighted by Gasteiger charge is 2.19. The zero-order chi connectivity index (χ0) is 14.4. The molecule has 0 aliphatic carbocycles. The third-order valence-electron chi connectivity index (χ3n) is 3.04. The van der Waals surface area contributed by atoms with Gasteiger partial charge in [-0.1, -0.05) is 0 Å². The summed E-state index contributed by atoms with van der Waals surface area (Å²) in [5.74, 6) is 0.422. The average Bonchev–Trinajstić information content (AvgIpc) is 2.44. The monoisotopic (exact) mass is 296 g/mol. The molecule has 1 aromatic carbocycles. The van der Waals surface area contributed by atoms with Gasteiger partial charge in [-0.2, -0.15) is 0 Å². The van der Waals surface area contributed by atoms with E-state index in [-0.39, 0.29) is 23.7 Å². The lowest BCUT2D eigenvalue weighted by Crippen LogP contribution is -2.47. The van der Waals surface area contributed by atoms with Crippen LogP contribution in [0.4, 0.5) is 4.39 Å². The largest absolute Gasteiger partial charge is 0.354 e. The van der Waals surface area contributed by atoms with Crippen molar-refractivity contribution >= 4 is 23.6 Å². The summed E-state index contributed by atoms with van der Waals surface area (Å²) in [5, 5.41) is 5.64.